The second-order valence-electron chi connectivity index (χ2n) is 3.55. The lowest BCUT2D eigenvalue weighted by Crippen LogP contribution is -2.30. The SMILES string of the molecule is C[Si](C)(C)Oc1nc(N)nc(N)n1. The normalized spacial score (nSPS) is 11.3. The molecule has 0 spiro atoms. The van der Waals surface area contributed by atoms with E-state index in [4.69, 9.17) is 15.9 Å². The topological polar surface area (TPSA) is 99.9 Å². The van der Waals surface area contributed by atoms with Crippen LogP contribution in [-0.2, 0) is 0 Å². The lowest BCUT2D eigenvalue weighted by Gasteiger charge is -2.16. The van der Waals surface area contributed by atoms with E-state index in [-0.39, 0.29) is 17.9 Å². The van der Waals surface area contributed by atoms with E-state index >= 15 is 0 Å². The van der Waals surface area contributed by atoms with E-state index in [2.05, 4.69) is 15.0 Å². The van der Waals surface area contributed by atoms with Gasteiger partial charge >= 0.3 is 6.01 Å². The fourth-order valence-electron chi connectivity index (χ4n) is 0.708. The van der Waals surface area contributed by atoms with Crippen LogP contribution >= 0.6 is 0 Å². The highest BCUT2D eigenvalue weighted by molar-refractivity contribution is 6.70. The van der Waals surface area contributed by atoms with E-state index < -0.39 is 8.32 Å². The summed E-state index contributed by atoms with van der Waals surface area (Å²) < 4.78 is 5.48. The van der Waals surface area contributed by atoms with Crippen molar-refractivity contribution in [2.75, 3.05) is 11.5 Å². The van der Waals surface area contributed by atoms with E-state index in [0.29, 0.717) is 0 Å². The molecule has 72 valence electrons. The van der Waals surface area contributed by atoms with Crippen LogP contribution in [0.15, 0.2) is 0 Å². The highest BCUT2D eigenvalue weighted by Crippen LogP contribution is 2.11. The van der Waals surface area contributed by atoms with Gasteiger partial charge in [0.2, 0.25) is 20.2 Å². The van der Waals surface area contributed by atoms with Gasteiger partial charge in [0, 0.05) is 0 Å². The van der Waals surface area contributed by atoms with Gasteiger partial charge in [0.25, 0.3) is 0 Å². The third kappa shape index (κ3) is 3.24. The average Bonchev–Trinajstić information content (AvgIpc) is 1.78. The van der Waals surface area contributed by atoms with Crippen molar-refractivity contribution in [3.63, 3.8) is 0 Å². The van der Waals surface area contributed by atoms with Gasteiger partial charge in [0.05, 0.1) is 0 Å². The number of hydrogen-bond acceptors (Lipinski definition) is 6. The number of aromatic nitrogens is 3. The second kappa shape index (κ2) is 3.17. The zero-order valence-corrected chi connectivity index (χ0v) is 8.90. The predicted molar refractivity (Wildman–Crippen MR) is 52.6 cm³/mol. The van der Waals surface area contributed by atoms with Crippen molar-refractivity contribution in [3.8, 4) is 6.01 Å². The molecule has 0 saturated carbocycles. The first-order chi connectivity index (χ1) is 5.87. The molecule has 0 aliphatic rings. The molecule has 1 rings (SSSR count). The van der Waals surface area contributed by atoms with Gasteiger partial charge in [-0.15, -0.1) is 0 Å². The standard InChI is InChI=1S/C6H13N5OSi/c1-13(2,3)12-6-10-4(7)9-5(8)11-6/h1-3H3,(H4,7,8,9,10,11). The maximum absolute atomic E-state index is 5.48. The number of nitrogen functional groups attached to an aromatic ring is 2. The Kier molecular flexibility index (Phi) is 2.37. The highest BCUT2D eigenvalue weighted by atomic mass is 28.4. The first kappa shape index (κ1) is 9.71. The lowest BCUT2D eigenvalue weighted by molar-refractivity contribution is 0.509. The van der Waals surface area contributed by atoms with E-state index in [9.17, 15) is 0 Å². The second-order valence-corrected chi connectivity index (χ2v) is 7.98. The molecule has 1 aromatic heterocycles. The van der Waals surface area contributed by atoms with E-state index in [1.807, 2.05) is 19.6 Å². The van der Waals surface area contributed by atoms with Gasteiger partial charge in [-0.05, 0) is 19.6 Å². The molecule has 0 radical (unpaired) electrons. The Morgan fingerprint density at radius 2 is 1.46 bits per heavy atom. The summed E-state index contributed by atoms with van der Waals surface area (Å²) in [6.07, 6.45) is 0. The van der Waals surface area contributed by atoms with Gasteiger partial charge in [-0.2, -0.15) is 15.0 Å². The Labute approximate surface area is 77.5 Å². The van der Waals surface area contributed by atoms with Crippen molar-refractivity contribution < 1.29 is 4.43 Å². The summed E-state index contributed by atoms with van der Waals surface area (Å²) in [5, 5.41) is 0. The summed E-state index contributed by atoms with van der Waals surface area (Å²) in [6, 6.07) is 0.212. The van der Waals surface area contributed by atoms with Crippen LogP contribution in [0.4, 0.5) is 11.9 Å². The molecule has 0 fully saturated rings. The molecule has 4 N–H and O–H groups in total. The summed E-state index contributed by atoms with van der Waals surface area (Å²) in [6.45, 7) is 6.05. The number of nitrogens with zero attached hydrogens (tertiary/aromatic N) is 3. The van der Waals surface area contributed by atoms with Gasteiger partial charge in [-0.1, -0.05) is 0 Å². The van der Waals surface area contributed by atoms with Gasteiger partial charge in [0.15, 0.2) is 0 Å². The molecule has 7 heteroatoms. The first-order valence-corrected chi connectivity index (χ1v) is 7.24. The van der Waals surface area contributed by atoms with E-state index in [1.165, 1.54) is 0 Å². The third-order valence-electron chi connectivity index (χ3n) is 1.05. The molecule has 0 unspecified atom stereocenters. The molecule has 1 aromatic rings. The molecular weight excluding hydrogens is 186 g/mol. The minimum Gasteiger partial charge on any atom is -0.518 e. The number of anilines is 2. The highest BCUT2D eigenvalue weighted by Gasteiger charge is 2.18. The summed E-state index contributed by atoms with van der Waals surface area (Å²) in [7, 11) is -1.71. The molecule has 0 aliphatic carbocycles. The minimum absolute atomic E-state index is 0.0840. The average molecular weight is 199 g/mol. The van der Waals surface area contributed by atoms with Gasteiger partial charge in [0.1, 0.15) is 0 Å². The van der Waals surface area contributed by atoms with Gasteiger partial charge in [-0.25, -0.2) is 0 Å². The smallest absolute Gasteiger partial charge is 0.309 e. The largest absolute Gasteiger partial charge is 0.518 e. The fraction of sp³-hybridized carbons (Fsp3) is 0.500. The Hall–Kier alpha value is -1.37. The fourth-order valence-corrected chi connectivity index (χ4v) is 1.35. The van der Waals surface area contributed by atoms with Crippen LogP contribution in [0.2, 0.25) is 19.6 Å². The Balaban J connectivity index is 2.90. The first-order valence-electron chi connectivity index (χ1n) is 3.83. The number of rotatable bonds is 2. The molecule has 1 heterocycles. The Bertz CT molecular complexity index is 290. The number of nitrogens with two attached hydrogens (primary N) is 2. The van der Waals surface area contributed by atoms with Crippen LogP contribution in [0, 0.1) is 0 Å². The predicted octanol–water partition coefficient (Wildman–Crippen LogP) is 0.250. The van der Waals surface area contributed by atoms with E-state index in [0.717, 1.165) is 0 Å². The van der Waals surface area contributed by atoms with Crippen LogP contribution < -0.4 is 15.9 Å². The van der Waals surface area contributed by atoms with Gasteiger partial charge < -0.3 is 15.9 Å². The lowest BCUT2D eigenvalue weighted by atomic mass is 10.9. The molecular formula is C6H13N5OSi. The van der Waals surface area contributed by atoms with Crippen molar-refractivity contribution in [3.05, 3.63) is 0 Å². The Morgan fingerprint density at radius 3 is 1.85 bits per heavy atom. The zero-order chi connectivity index (χ0) is 10.1. The van der Waals surface area contributed by atoms with Crippen molar-refractivity contribution in [1.29, 1.82) is 0 Å². The molecule has 0 aromatic carbocycles. The minimum atomic E-state index is -1.71. The number of hydrogen-bond donors (Lipinski definition) is 2. The maximum Gasteiger partial charge on any atom is 0.309 e. The molecule has 6 nitrogen and oxygen atoms in total. The maximum atomic E-state index is 5.48. The van der Waals surface area contributed by atoms with Crippen LogP contribution in [-0.4, -0.2) is 23.3 Å². The molecule has 0 atom stereocenters. The third-order valence-corrected chi connectivity index (χ3v) is 1.84. The van der Waals surface area contributed by atoms with Crippen LogP contribution in [0.1, 0.15) is 0 Å². The van der Waals surface area contributed by atoms with Crippen molar-refractivity contribution in [2.45, 2.75) is 19.6 Å². The Morgan fingerprint density at radius 1 is 1.00 bits per heavy atom. The molecule has 0 aliphatic heterocycles. The summed E-state index contributed by atoms with van der Waals surface area (Å²) in [5.74, 6) is 0.168. The van der Waals surface area contributed by atoms with Gasteiger partial charge in [-0.3, -0.25) is 0 Å². The summed E-state index contributed by atoms with van der Waals surface area (Å²) in [5.41, 5.74) is 10.7. The van der Waals surface area contributed by atoms with Crippen LogP contribution in [0.25, 0.3) is 0 Å². The quantitative estimate of drug-likeness (QED) is 0.662. The molecule has 0 bridgehead atoms. The van der Waals surface area contributed by atoms with Crippen molar-refractivity contribution >= 4 is 20.2 Å². The molecule has 13 heavy (non-hydrogen) atoms. The van der Waals surface area contributed by atoms with Crippen molar-refractivity contribution in [2.24, 2.45) is 0 Å². The van der Waals surface area contributed by atoms with Crippen LogP contribution in [0.5, 0.6) is 6.01 Å². The van der Waals surface area contributed by atoms with Crippen LogP contribution in [0.3, 0.4) is 0 Å². The van der Waals surface area contributed by atoms with E-state index in [1.54, 1.807) is 0 Å². The molecule has 0 amide bonds. The monoisotopic (exact) mass is 199 g/mol. The zero-order valence-electron chi connectivity index (χ0n) is 7.90. The molecule has 0 saturated heterocycles. The van der Waals surface area contributed by atoms with Crippen molar-refractivity contribution in [1.82, 2.24) is 15.0 Å². The summed E-state index contributed by atoms with van der Waals surface area (Å²) in [4.78, 5) is 11.2. The summed E-state index contributed by atoms with van der Waals surface area (Å²) >= 11 is 0.